The lowest BCUT2D eigenvalue weighted by Crippen LogP contribution is -2.35. The van der Waals surface area contributed by atoms with Gasteiger partial charge >= 0.3 is 19.5 Å². The molecule has 1 N–H and O–H groups in total. The van der Waals surface area contributed by atoms with E-state index in [0.717, 1.165) is 39.3 Å². The molecule has 4 aromatic rings. The number of thiophene rings is 1. The summed E-state index contributed by atoms with van der Waals surface area (Å²) in [6.45, 7) is 7.64. The van der Waals surface area contributed by atoms with Crippen LogP contribution in [-0.4, -0.2) is 31.2 Å². The number of rotatable bonds is 13. The molecule has 0 amide bonds. The van der Waals surface area contributed by atoms with E-state index in [2.05, 4.69) is 11.7 Å². The Morgan fingerprint density at radius 3 is 2.64 bits per heavy atom. The van der Waals surface area contributed by atoms with Crippen molar-refractivity contribution in [3.8, 4) is 5.75 Å². The third kappa shape index (κ3) is 7.35. The van der Waals surface area contributed by atoms with Gasteiger partial charge in [0.25, 0.3) is 0 Å². The fourth-order valence-electron chi connectivity index (χ4n) is 4.07. The van der Waals surface area contributed by atoms with Crippen molar-refractivity contribution in [3.05, 3.63) is 89.8 Å². The largest absolute Gasteiger partial charge is 0.465 e. The molecule has 3 aromatic carbocycles. The van der Waals surface area contributed by atoms with Crippen molar-refractivity contribution in [3.63, 3.8) is 0 Å². The predicted octanol–water partition coefficient (Wildman–Crippen LogP) is 7.49. The molecule has 0 aliphatic carbocycles. The minimum Gasteiger partial charge on any atom is -0.465 e. The highest BCUT2D eigenvalue weighted by Crippen LogP contribution is 2.49. The van der Waals surface area contributed by atoms with E-state index in [4.69, 9.17) is 14.0 Å². The fraction of sp³-hybridized carbons (Fsp3) is 0.267. The molecular formula is C30H32NO6PS. The van der Waals surface area contributed by atoms with Crippen molar-refractivity contribution in [2.75, 3.05) is 13.2 Å². The summed E-state index contributed by atoms with van der Waals surface area (Å²) in [6.07, 6.45) is 3.19. The number of nitrogens with one attached hydrogen (secondary N) is 1. The Morgan fingerprint density at radius 1 is 1.05 bits per heavy atom. The predicted molar refractivity (Wildman–Crippen MR) is 157 cm³/mol. The summed E-state index contributed by atoms with van der Waals surface area (Å²) >= 11 is 1.32. The van der Waals surface area contributed by atoms with Gasteiger partial charge in [-0.25, -0.2) is 9.88 Å². The summed E-state index contributed by atoms with van der Waals surface area (Å²) in [5.41, 5.74) is 0.730. The minimum atomic E-state index is -3.67. The minimum absolute atomic E-state index is 0.0187. The lowest BCUT2D eigenvalue weighted by atomic mass is 10.1. The summed E-state index contributed by atoms with van der Waals surface area (Å²) in [7, 11) is -3.67. The van der Waals surface area contributed by atoms with Crippen LogP contribution in [0.4, 0.5) is 0 Å². The molecule has 0 fully saturated rings. The highest BCUT2D eigenvalue weighted by Gasteiger charge is 2.31. The van der Waals surface area contributed by atoms with Gasteiger partial charge in [0.05, 0.1) is 12.8 Å². The van der Waals surface area contributed by atoms with Crippen LogP contribution in [0.3, 0.4) is 0 Å². The smallest absolute Gasteiger partial charge is 0.348 e. The Kier molecular flexibility index (Phi) is 9.57. The van der Waals surface area contributed by atoms with Gasteiger partial charge in [-0.1, -0.05) is 68.5 Å². The standard InChI is InChI=1S/C30H32NO6PS/c1-4-6-17-36-29(32)21(3)31-38(34,37-26-13-9-11-23-10-7-8-12-25(23)26)20-22-14-15-27-24(18-22)19-28(39-27)30(33)35-16-5-2/h5,7-15,18-19,21H,2,4,6,16-17,20H2,1,3H3,(H,31,34)/t21-,38?/m0/s1. The number of carbonyl (C=O) groups is 2. The van der Waals surface area contributed by atoms with Crippen molar-refractivity contribution >= 4 is 51.7 Å². The molecule has 0 aliphatic heterocycles. The quantitative estimate of drug-likeness (QED) is 0.0777. The van der Waals surface area contributed by atoms with E-state index in [1.54, 1.807) is 19.1 Å². The van der Waals surface area contributed by atoms with Gasteiger partial charge in [0.15, 0.2) is 0 Å². The Morgan fingerprint density at radius 2 is 1.85 bits per heavy atom. The first kappa shape index (κ1) is 28.6. The number of hydrogen-bond donors (Lipinski definition) is 1. The molecule has 39 heavy (non-hydrogen) atoms. The van der Waals surface area contributed by atoms with Crippen molar-refractivity contribution in [2.24, 2.45) is 0 Å². The van der Waals surface area contributed by atoms with Crippen LogP contribution in [0.25, 0.3) is 20.9 Å². The fourth-order valence-corrected chi connectivity index (χ4v) is 7.06. The monoisotopic (exact) mass is 565 g/mol. The molecule has 0 saturated heterocycles. The normalized spacial score (nSPS) is 13.5. The van der Waals surface area contributed by atoms with Crippen LogP contribution in [-0.2, 0) is 25.0 Å². The zero-order valence-electron chi connectivity index (χ0n) is 22.1. The summed E-state index contributed by atoms with van der Waals surface area (Å²) in [4.78, 5) is 25.4. The van der Waals surface area contributed by atoms with E-state index in [1.165, 1.54) is 17.4 Å². The number of unbranched alkanes of at least 4 members (excludes halogenated alkanes) is 1. The molecule has 2 atom stereocenters. The molecule has 0 saturated carbocycles. The second-order valence-corrected chi connectivity index (χ2v) is 12.3. The van der Waals surface area contributed by atoms with Crippen LogP contribution >= 0.6 is 18.9 Å². The van der Waals surface area contributed by atoms with Crippen LogP contribution in [0.2, 0.25) is 0 Å². The van der Waals surface area contributed by atoms with E-state index in [0.29, 0.717) is 17.2 Å². The van der Waals surface area contributed by atoms with Crippen LogP contribution in [0, 0.1) is 0 Å². The molecule has 1 unspecified atom stereocenters. The van der Waals surface area contributed by atoms with Gasteiger partial charge in [-0.15, -0.1) is 11.3 Å². The number of fused-ring (bicyclic) bond motifs is 2. The maximum Gasteiger partial charge on any atom is 0.348 e. The lowest BCUT2D eigenvalue weighted by molar-refractivity contribution is -0.145. The van der Waals surface area contributed by atoms with Crippen molar-refractivity contribution < 1.29 is 28.2 Å². The van der Waals surface area contributed by atoms with Crippen molar-refractivity contribution in [2.45, 2.75) is 38.9 Å². The molecular weight excluding hydrogens is 533 g/mol. The van der Waals surface area contributed by atoms with Gasteiger partial charge in [0, 0.05) is 10.1 Å². The maximum atomic E-state index is 14.4. The summed E-state index contributed by atoms with van der Waals surface area (Å²) in [5, 5.41) is 5.54. The molecule has 1 aromatic heterocycles. The topological polar surface area (TPSA) is 90.9 Å². The molecule has 0 radical (unpaired) electrons. The SMILES string of the molecule is C=CCOC(=O)c1cc2cc(CP(=O)(N[C@@H](C)C(=O)OCCCC)Oc3cccc4ccccc34)ccc2s1. The van der Waals surface area contributed by atoms with Crippen molar-refractivity contribution in [1.82, 2.24) is 5.09 Å². The first-order valence-corrected chi connectivity index (χ1v) is 15.5. The number of ether oxygens (including phenoxy) is 2. The molecule has 1 heterocycles. The third-order valence-corrected chi connectivity index (χ3v) is 9.14. The van der Waals surface area contributed by atoms with Crippen LogP contribution in [0.15, 0.2) is 79.4 Å². The van der Waals surface area contributed by atoms with Crippen LogP contribution in [0.5, 0.6) is 5.75 Å². The lowest BCUT2D eigenvalue weighted by Gasteiger charge is -2.24. The van der Waals surface area contributed by atoms with Crippen molar-refractivity contribution in [1.29, 1.82) is 0 Å². The molecule has 9 heteroatoms. The summed E-state index contributed by atoms with van der Waals surface area (Å²) in [6, 6.07) is 19.8. The Balaban J connectivity index is 1.63. The van der Waals surface area contributed by atoms with E-state index < -0.39 is 25.5 Å². The molecule has 0 aliphatic rings. The van der Waals surface area contributed by atoms with E-state index >= 15 is 0 Å². The van der Waals surface area contributed by atoms with Crippen LogP contribution in [0.1, 0.15) is 41.9 Å². The third-order valence-electron chi connectivity index (χ3n) is 5.99. The highest BCUT2D eigenvalue weighted by atomic mass is 32.1. The Labute approximate surface area is 232 Å². The molecule has 0 spiro atoms. The Bertz CT molecular complexity index is 1530. The summed E-state index contributed by atoms with van der Waals surface area (Å²) < 4.78 is 32.0. The van der Waals surface area contributed by atoms with Gasteiger partial charge in [-0.05, 0) is 53.9 Å². The first-order valence-electron chi connectivity index (χ1n) is 12.8. The van der Waals surface area contributed by atoms with Gasteiger partial charge in [0.2, 0.25) is 0 Å². The average Bonchev–Trinajstić information content (AvgIpc) is 3.35. The average molecular weight is 566 g/mol. The Hall–Kier alpha value is -3.45. The van der Waals surface area contributed by atoms with Gasteiger partial charge in [0.1, 0.15) is 23.3 Å². The zero-order chi connectivity index (χ0) is 27.8. The van der Waals surface area contributed by atoms with Gasteiger partial charge in [-0.3, -0.25) is 9.36 Å². The number of hydrogen-bond acceptors (Lipinski definition) is 7. The molecule has 204 valence electrons. The number of carbonyl (C=O) groups excluding carboxylic acids is 2. The van der Waals surface area contributed by atoms with E-state index in [-0.39, 0.29) is 12.8 Å². The molecule has 7 nitrogen and oxygen atoms in total. The second-order valence-electron chi connectivity index (χ2n) is 9.14. The van der Waals surface area contributed by atoms with E-state index in [9.17, 15) is 14.2 Å². The highest BCUT2D eigenvalue weighted by molar-refractivity contribution is 7.56. The second kappa shape index (κ2) is 13.1. The molecule has 4 rings (SSSR count). The number of benzene rings is 3. The van der Waals surface area contributed by atoms with Gasteiger partial charge in [-0.2, -0.15) is 0 Å². The van der Waals surface area contributed by atoms with Crippen LogP contribution < -0.4 is 9.61 Å². The van der Waals surface area contributed by atoms with Gasteiger partial charge < -0.3 is 14.0 Å². The molecule has 0 bridgehead atoms. The zero-order valence-corrected chi connectivity index (χ0v) is 23.8. The maximum absolute atomic E-state index is 14.4. The summed E-state index contributed by atoms with van der Waals surface area (Å²) in [5.74, 6) is -0.444. The van der Waals surface area contributed by atoms with E-state index in [1.807, 2.05) is 61.5 Å². The first-order chi connectivity index (χ1) is 18.8. The number of esters is 2.